The van der Waals surface area contributed by atoms with Crippen LogP contribution < -0.4 is 0 Å². The van der Waals surface area contributed by atoms with Gasteiger partial charge < -0.3 is 9.40 Å². The van der Waals surface area contributed by atoms with Crippen molar-refractivity contribution >= 4 is 17.5 Å². The molecule has 1 aromatic carbocycles. The maximum atomic E-state index is 11.9. The van der Waals surface area contributed by atoms with E-state index in [0.29, 0.717) is 29.1 Å². The Morgan fingerprint density at radius 2 is 2.04 bits per heavy atom. The van der Waals surface area contributed by atoms with Crippen LogP contribution in [0.2, 0.25) is 0 Å². The number of benzene rings is 1. The molecule has 23 heavy (non-hydrogen) atoms. The van der Waals surface area contributed by atoms with Gasteiger partial charge in [-0.1, -0.05) is 49.0 Å². The fraction of sp³-hybridized carbons (Fsp3) is 0.235. The van der Waals surface area contributed by atoms with E-state index >= 15 is 0 Å². The molecule has 0 amide bonds. The van der Waals surface area contributed by atoms with Gasteiger partial charge in [0.25, 0.3) is 5.22 Å². The zero-order chi connectivity index (χ0) is 16.1. The average Bonchev–Trinajstić information content (AvgIpc) is 3.25. The van der Waals surface area contributed by atoms with Gasteiger partial charge in [0, 0.05) is 12.6 Å². The predicted molar refractivity (Wildman–Crippen MR) is 88.7 cm³/mol. The van der Waals surface area contributed by atoms with Crippen molar-refractivity contribution in [2.45, 2.75) is 24.5 Å². The van der Waals surface area contributed by atoms with E-state index in [-0.39, 0.29) is 11.5 Å². The number of aromatic amines is 1. The van der Waals surface area contributed by atoms with Gasteiger partial charge in [0.1, 0.15) is 0 Å². The van der Waals surface area contributed by atoms with Gasteiger partial charge in [0.2, 0.25) is 5.89 Å². The van der Waals surface area contributed by atoms with E-state index in [1.165, 1.54) is 17.3 Å². The number of carbonyl (C=O) groups excluding carboxylic acids is 1. The zero-order valence-electron chi connectivity index (χ0n) is 12.7. The molecule has 118 valence electrons. The first kappa shape index (κ1) is 15.6. The molecule has 2 heterocycles. The Morgan fingerprint density at radius 1 is 1.22 bits per heavy atom. The summed E-state index contributed by atoms with van der Waals surface area (Å²) >= 11 is 1.26. The summed E-state index contributed by atoms with van der Waals surface area (Å²) in [6, 6.07) is 13.8. The van der Waals surface area contributed by atoms with Crippen LogP contribution >= 0.6 is 11.8 Å². The number of aromatic nitrogens is 3. The van der Waals surface area contributed by atoms with Crippen LogP contribution in [0.1, 0.15) is 34.8 Å². The van der Waals surface area contributed by atoms with Crippen molar-refractivity contribution in [3.05, 3.63) is 65.8 Å². The van der Waals surface area contributed by atoms with Crippen molar-refractivity contribution in [2.24, 2.45) is 0 Å². The normalized spacial score (nSPS) is 12.2. The molecular weight excluding hydrogens is 310 g/mol. The topological polar surface area (TPSA) is 71.8 Å². The smallest absolute Gasteiger partial charge is 0.277 e. The molecule has 0 aliphatic rings. The number of ketones is 1. The molecule has 0 spiro atoms. The predicted octanol–water partition coefficient (Wildman–Crippen LogP) is 3.72. The zero-order valence-corrected chi connectivity index (χ0v) is 13.5. The van der Waals surface area contributed by atoms with Gasteiger partial charge in [-0.3, -0.25) is 4.79 Å². The fourth-order valence-electron chi connectivity index (χ4n) is 2.25. The number of hydrogen-bond donors (Lipinski definition) is 1. The number of nitrogens with zero attached hydrogens (tertiary/aromatic N) is 2. The molecule has 1 unspecified atom stereocenters. The van der Waals surface area contributed by atoms with Crippen LogP contribution in [-0.2, 0) is 6.42 Å². The van der Waals surface area contributed by atoms with E-state index in [0.717, 1.165) is 0 Å². The Labute approximate surface area is 138 Å². The third-order valence-corrected chi connectivity index (χ3v) is 4.34. The van der Waals surface area contributed by atoms with Crippen LogP contribution in [-0.4, -0.2) is 26.7 Å². The third-order valence-electron chi connectivity index (χ3n) is 3.52. The standard InChI is InChI=1S/C17H17N3O2S/c1-12(13-6-3-2-4-7-13)10-16-19-20-17(22-16)23-11-15(21)14-8-5-9-18-14/h2-9,12,18H,10-11H2,1H3. The summed E-state index contributed by atoms with van der Waals surface area (Å²) in [6.07, 6.45) is 2.41. The van der Waals surface area contributed by atoms with Crippen LogP contribution in [0.4, 0.5) is 0 Å². The lowest BCUT2D eigenvalue weighted by atomic mass is 9.98. The summed E-state index contributed by atoms with van der Waals surface area (Å²) in [5.74, 6) is 1.18. The minimum atomic E-state index is 0.0115. The first-order chi connectivity index (χ1) is 11.2. The molecule has 0 fully saturated rings. The second-order valence-electron chi connectivity index (χ2n) is 5.27. The lowest BCUT2D eigenvalue weighted by Gasteiger charge is -2.08. The number of thioether (sulfide) groups is 1. The summed E-state index contributed by atoms with van der Waals surface area (Å²) in [4.78, 5) is 14.8. The van der Waals surface area contributed by atoms with Crippen LogP contribution in [0.15, 0.2) is 58.3 Å². The molecule has 0 aliphatic heterocycles. The molecule has 0 saturated carbocycles. The van der Waals surface area contributed by atoms with Crippen molar-refractivity contribution < 1.29 is 9.21 Å². The number of H-pyrrole nitrogens is 1. The lowest BCUT2D eigenvalue weighted by molar-refractivity contribution is 0.101. The molecule has 1 atom stereocenters. The van der Waals surface area contributed by atoms with Gasteiger partial charge >= 0.3 is 0 Å². The Morgan fingerprint density at radius 3 is 2.78 bits per heavy atom. The van der Waals surface area contributed by atoms with Crippen molar-refractivity contribution in [3.63, 3.8) is 0 Å². The molecule has 6 heteroatoms. The molecule has 0 bridgehead atoms. The van der Waals surface area contributed by atoms with E-state index in [2.05, 4.69) is 34.2 Å². The molecule has 0 aliphatic carbocycles. The van der Waals surface area contributed by atoms with Crippen LogP contribution in [0.3, 0.4) is 0 Å². The van der Waals surface area contributed by atoms with Crippen LogP contribution in [0.5, 0.6) is 0 Å². The number of Topliss-reactive ketones (excluding diaryl/α,β-unsaturated/α-hetero) is 1. The maximum Gasteiger partial charge on any atom is 0.277 e. The number of hydrogen-bond acceptors (Lipinski definition) is 5. The van der Waals surface area contributed by atoms with Gasteiger partial charge in [-0.25, -0.2) is 0 Å². The van der Waals surface area contributed by atoms with E-state index in [4.69, 9.17) is 4.42 Å². The highest BCUT2D eigenvalue weighted by molar-refractivity contribution is 7.99. The summed E-state index contributed by atoms with van der Waals surface area (Å²) in [5, 5.41) is 8.50. The SMILES string of the molecule is CC(Cc1nnc(SCC(=O)c2ccc[nH]2)o1)c1ccccc1. The Balaban J connectivity index is 1.55. The third kappa shape index (κ3) is 4.10. The lowest BCUT2D eigenvalue weighted by Crippen LogP contribution is -2.02. The van der Waals surface area contributed by atoms with Gasteiger partial charge in [-0.05, 0) is 23.6 Å². The quantitative estimate of drug-likeness (QED) is 0.529. The Kier molecular flexibility index (Phi) is 4.92. The molecule has 0 radical (unpaired) electrons. The van der Waals surface area contributed by atoms with Crippen LogP contribution in [0, 0.1) is 0 Å². The van der Waals surface area contributed by atoms with E-state index in [9.17, 15) is 4.79 Å². The summed E-state index contributed by atoms with van der Waals surface area (Å²) < 4.78 is 5.62. The highest BCUT2D eigenvalue weighted by Gasteiger charge is 2.14. The van der Waals surface area contributed by atoms with E-state index in [1.807, 2.05) is 18.2 Å². The second-order valence-corrected chi connectivity index (χ2v) is 6.20. The average molecular weight is 327 g/mol. The summed E-state index contributed by atoms with van der Waals surface area (Å²) in [6.45, 7) is 2.13. The molecule has 3 rings (SSSR count). The fourth-order valence-corrected chi connectivity index (χ4v) is 2.91. The number of carbonyl (C=O) groups is 1. The van der Waals surface area contributed by atoms with Crippen molar-refractivity contribution in [2.75, 3.05) is 5.75 Å². The maximum absolute atomic E-state index is 11.9. The summed E-state index contributed by atoms with van der Waals surface area (Å²) in [5.41, 5.74) is 1.83. The molecule has 2 aromatic heterocycles. The van der Waals surface area contributed by atoms with Gasteiger partial charge in [0.05, 0.1) is 11.4 Å². The van der Waals surface area contributed by atoms with Crippen molar-refractivity contribution in [1.29, 1.82) is 0 Å². The van der Waals surface area contributed by atoms with Crippen molar-refractivity contribution in [3.8, 4) is 0 Å². The van der Waals surface area contributed by atoms with Gasteiger partial charge in [-0.2, -0.15) is 0 Å². The molecule has 1 N–H and O–H groups in total. The second kappa shape index (κ2) is 7.28. The Bertz CT molecular complexity index is 753. The molecule has 5 nitrogen and oxygen atoms in total. The monoisotopic (exact) mass is 327 g/mol. The van der Waals surface area contributed by atoms with E-state index < -0.39 is 0 Å². The summed E-state index contributed by atoms with van der Waals surface area (Å²) in [7, 11) is 0. The van der Waals surface area contributed by atoms with E-state index in [1.54, 1.807) is 18.3 Å². The first-order valence-electron chi connectivity index (χ1n) is 7.39. The largest absolute Gasteiger partial charge is 0.416 e. The molecule has 3 aromatic rings. The Hall–Kier alpha value is -2.34. The minimum absolute atomic E-state index is 0.0115. The van der Waals surface area contributed by atoms with Crippen molar-refractivity contribution in [1.82, 2.24) is 15.2 Å². The highest BCUT2D eigenvalue weighted by Crippen LogP contribution is 2.22. The first-order valence-corrected chi connectivity index (χ1v) is 8.37. The van der Waals surface area contributed by atoms with Gasteiger partial charge in [0.15, 0.2) is 5.78 Å². The minimum Gasteiger partial charge on any atom is -0.416 e. The van der Waals surface area contributed by atoms with Crippen LogP contribution in [0.25, 0.3) is 0 Å². The number of nitrogens with one attached hydrogen (secondary N) is 1. The number of rotatable bonds is 7. The molecule has 0 saturated heterocycles. The highest BCUT2D eigenvalue weighted by atomic mass is 32.2. The molecular formula is C17H17N3O2S. The van der Waals surface area contributed by atoms with Gasteiger partial charge in [-0.15, -0.1) is 10.2 Å².